The van der Waals surface area contributed by atoms with Crippen LogP contribution in [0.1, 0.15) is 0 Å². The number of hydrogen-bond donors (Lipinski definition) is 0. The maximum Gasteiger partial charge on any atom is 1.00 e. The van der Waals surface area contributed by atoms with E-state index in [1.807, 2.05) is 4.93 Å². The van der Waals surface area contributed by atoms with Crippen molar-refractivity contribution in [1.29, 1.82) is 0 Å². The summed E-state index contributed by atoms with van der Waals surface area (Å²) in [4.78, 5) is 1.97. The van der Waals surface area contributed by atoms with Crippen molar-refractivity contribution < 1.29 is 34.7 Å². The molecule has 0 rings (SSSR count). The van der Waals surface area contributed by atoms with E-state index in [1.54, 1.807) is 0 Å². The van der Waals surface area contributed by atoms with E-state index in [0.717, 1.165) is 7.11 Å². The van der Waals surface area contributed by atoms with Crippen molar-refractivity contribution in [3.8, 4) is 0 Å². The molecule has 28 valence electrons. The fourth-order valence-electron chi connectivity index (χ4n) is 0. The van der Waals surface area contributed by atoms with Gasteiger partial charge in [0.15, 0.2) is 0 Å². The standard InChI is InChI=1S/CH3I.CH3O.Na/c2*1-2;/h2*1H3;/q;-1;+1. The van der Waals surface area contributed by atoms with Crippen LogP contribution in [0.2, 0.25) is 0 Å². The number of hydrogen-bond acceptors (Lipinski definition) is 1. The van der Waals surface area contributed by atoms with E-state index in [1.165, 1.54) is 0 Å². The van der Waals surface area contributed by atoms with E-state index in [2.05, 4.69) is 22.6 Å². The van der Waals surface area contributed by atoms with Gasteiger partial charge in [-0.1, -0.05) is 22.6 Å². The molecule has 0 aromatic rings. The smallest absolute Gasteiger partial charge is 0.857 e. The first kappa shape index (κ1) is 15.9. The van der Waals surface area contributed by atoms with Crippen molar-refractivity contribution in [2.24, 2.45) is 0 Å². The summed E-state index contributed by atoms with van der Waals surface area (Å²) in [6.45, 7) is 0. The minimum Gasteiger partial charge on any atom is -0.857 e. The Morgan fingerprint density at radius 3 is 1.20 bits per heavy atom. The van der Waals surface area contributed by atoms with Gasteiger partial charge in [0, 0.05) is 0 Å². The molecule has 0 saturated carbocycles. The maximum absolute atomic E-state index is 8.25. The molecular formula is C2H6INaO. The zero-order valence-electron chi connectivity index (χ0n) is 3.79. The Morgan fingerprint density at radius 2 is 1.20 bits per heavy atom. The zero-order chi connectivity index (χ0) is 4.00. The molecule has 0 aliphatic carbocycles. The molecule has 0 radical (unpaired) electrons. The Hall–Kier alpha value is 1.69. The summed E-state index contributed by atoms with van der Waals surface area (Å²) in [7, 11) is 0.750. The normalized spacial score (nSPS) is 2.40. The SMILES string of the molecule is CI.C[O-].[Na+]. The summed E-state index contributed by atoms with van der Waals surface area (Å²) < 4.78 is 0. The van der Waals surface area contributed by atoms with Gasteiger partial charge in [-0.25, -0.2) is 0 Å². The summed E-state index contributed by atoms with van der Waals surface area (Å²) in [5.41, 5.74) is 0. The minimum absolute atomic E-state index is 0. The summed E-state index contributed by atoms with van der Waals surface area (Å²) in [5, 5.41) is 8.25. The zero-order valence-corrected chi connectivity index (χ0v) is 7.94. The molecule has 0 aliphatic rings. The molecule has 0 saturated heterocycles. The Bertz CT molecular complexity index is 9.61. The quantitative estimate of drug-likeness (QED) is 0.230. The molecule has 0 unspecified atom stereocenters. The molecule has 3 heteroatoms. The largest absolute Gasteiger partial charge is 1.00 e. The van der Waals surface area contributed by atoms with Crippen LogP contribution >= 0.6 is 22.6 Å². The summed E-state index contributed by atoms with van der Waals surface area (Å²) >= 11 is 2.15. The van der Waals surface area contributed by atoms with Crippen molar-refractivity contribution in [3.63, 3.8) is 0 Å². The van der Waals surface area contributed by atoms with Gasteiger partial charge in [-0.2, -0.15) is 7.11 Å². The fourth-order valence-corrected chi connectivity index (χ4v) is 0. The van der Waals surface area contributed by atoms with Gasteiger partial charge in [0.1, 0.15) is 0 Å². The third-order valence-electron chi connectivity index (χ3n) is 0. The van der Waals surface area contributed by atoms with Crippen LogP contribution in [0.5, 0.6) is 0 Å². The molecule has 0 fully saturated rings. The van der Waals surface area contributed by atoms with Gasteiger partial charge in [0.25, 0.3) is 0 Å². The number of halogens is 1. The topological polar surface area (TPSA) is 23.1 Å². The average molecular weight is 196 g/mol. The monoisotopic (exact) mass is 196 g/mol. The van der Waals surface area contributed by atoms with Gasteiger partial charge in [-0.05, 0) is 4.93 Å². The molecule has 0 atom stereocenters. The van der Waals surface area contributed by atoms with Crippen LogP contribution < -0.4 is 34.7 Å². The summed E-state index contributed by atoms with van der Waals surface area (Å²) in [5.74, 6) is 0. The molecular weight excluding hydrogens is 190 g/mol. The average Bonchev–Trinajstić information content (AvgIpc) is 1.50. The first-order chi connectivity index (χ1) is 2.00. The second-order valence-electron chi connectivity index (χ2n) is 0. The molecule has 0 bridgehead atoms. The van der Waals surface area contributed by atoms with Crippen molar-refractivity contribution in [2.45, 2.75) is 0 Å². The van der Waals surface area contributed by atoms with Crippen molar-refractivity contribution >= 4 is 22.6 Å². The Kier molecular flexibility index (Phi) is 139. The van der Waals surface area contributed by atoms with E-state index in [9.17, 15) is 0 Å². The predicted octanol–water partition coefficient (Wildman–Crippen LogP) is -2.97. The van der Waals surface area contributed by atoms with Crippen LogP contribution in [-0.4, -0.2) is 12.0 Å². The summed E-state index contributed by atoms with van der Waals surface area (Å²) in [6.07, 6.45) is 0. The minimum atomic E-state index is 0. The second-order valence-corrected chi connectivity index (χ2v) is 0. The third-order valence-corrected chi connectivity index (χ3v) is 0. The van der Waals surface area contributed by atoms with Crippen molar-refractivity contribution in [2.75, 3.05) is 12.0 Å². The number of alkyl halides is 1. The Morgan fingerprint density at radius 1 is 1.20 bits per heavy atom. The van der Waals surface area contributed by atoms with E-state index in [-0.39, 0.29) is 29.6 Å². The van der Waals surface area contributed by atoms with Gasteiger partial charge >= 0.3 is 29.6 Å². The molecule has 0 spiro atoms. The second kappa shape index (κ2) is 43.8. The molecule has 0 amide bonds. The van der Waals surface area contributed by atoms with Gasteiger partial charge in [-0.3, -0.25) is 0 Å². The molecule has 0 aromatic heterocycles. The maximum atomic E-state index is 8.25. The first-order valence-electron chi connectivity index (χ1n) is 0.786. The molecule has 5 heavy (non-hydrogen) atoms. The van der Waals surface area contributed by atoms with Crippen LogP contribution in [-0.2, 0) is 0 Å². The van der Waals surface area contributed by atoms with E-state index >= 15 is 0 Å². The van der Waals surface area contributed by atoms with Gasteiger partial charge in [0.2, 0.25) is 0 Å². The van der Waals surface area contributed by atoms with Crippen molar-refractivity contribution in [3.05, 3.63) is 0 Å². The molecule has 0 aliphatic heterocycles. The van der Waals surface area contributed by atoms with E-state index in [0.29, 0.717) is 0 Å². The molecule has 0 heterocycles. The predicted molar refractivity (Wildman–Crippen MR) is 25.9 cm³/mol. The van der Waals surface area contributed by atoms with Crippen LogP contribution in [0.4, 0.5) is 0 Å². The third kappa shape index (κ3) is 27.1. The summed E-state index contributed by atoms with van der Waals surface area (Å²) in [6, 6.07) is 0. The molecule has 0 aromatic carbocycles. The Balaban J connectivity index is -0.0000000133. The van der Waals surface area contributed by atoms with E-state index in [4.69, 9.17) is 5.11 Å². The van der Waals surface area contributed by atoms with Crippen LogP contribution in [0.3, 0.4) is 0 Å². The molecule has 0 N–H and O–H groups in total. The van der Waals surface area contributed by atoms with Crippen LogP contribution in [0.15, 0.2) is 0 Å². The fraction of sp³-hybridized carbons (Fsp3) is 1.00. The first-order valence-corrected chi connectivity index (χ1v) is 2.94. The number of rotatable bonds is 0. The Labute approximate surface area is 68.6 Å². The van der Waals surface area contributed by atoms with Gasteiger partial charge in [0.05, 0.1) is 0 Å². The van der Waals surface area contributed by atoms with E-state index < -0.39 is 0 Å². The van der Waals surface area contributed by atoms with Gasteiger partial charge in [-0.15, -0.1) is 0 Å². The van der Waals surface area contributed by atoms with Gasteiger partial charge < -0.3 is 5.11 Å². The molecule has 1 nitrogen and oxygen atoms in total. The van der Waals surface area contributed by atoms with Crippen molar-refractivity contribution in [1.82, 2.24) is 0 Å². The van der Waals surface area contributed by atoms with Crippen LogP contribution in [0.25, 0.3) is 0 Å². The van der Waals surface area contributed by atoms with Crippen LogP contribution in [0, 0.1) is 0 Å².